The van der Waals surface area contributed by atoms with Gasteiger partial charge >= 0.3 is 0 Å². The second-order valence-corrected chi connectivity index (χ2v) is 5.75. The van der Waals surface area contributed by atoms with Crippen LogP contribution in [0.2, 0.25) is 0 Å². The molecule has 0 amide bonds. The highest BCUT2D eigenvalue weighted by atomic mass is 13.9. The Labute approximate surface area is 149 Å². The van der Waals surface area contributed by atoms with Gasteiger partial charge in [-0.25, -0.2) is 0 Å². The van der Waals surface area contributed by atoms with Crippen molar-refractivity contribution in [1.82, 2.24) is 0 Å². The fourth-order valence-electron chi connectivity index (χ4n) is 1.87. The average molecular weight is 321 g/mol. The van der Waals surface area contributed by atoms with Crippen molar-refractivity contribution in [2.75, 3.05) is 0 Å². The summed E-state index contributed by atoms with van der Waals surface area (Å²) in [6.45, 7) is 12.5. The summed E-state index contributed by atoms with van der Waals surface area (Å²) in [7, 11) is 0. The van der Waals surface area contributed by atoms with E-state index in [1.54, 1.807) is 0 Å². The number of hydrogen-bond acceptors (Lipinski definition) is 0. The third-order valence-electron chi connectivity index (χ3n) is 3.12. The monoisotopic (exact) mass is 320 g/mol. The van der Waals surface area contributed by atoms with Crippen molar-refractivity contribution in [1.29, 1.82) is 0 Å². The van der Waals surface area contributed by atoms with Crippen LogP contribution in [-0.2, 0) is 0 Å². The zero-order valence-corrected chi connectivity index (χ0v) is 16.1. The van der Waals surface area contributed by atoms with Crippen LogP contribution in [0.5, 0.6) is 0 Å². The predicted octanol–water partition coefficient (Wildman–Crippen LogP) is 7.59. The lowest BCUT2D eigenvalue weighted by molar-refractivity contribution is 1.48. The Morgan fingerprint density at radius 2 is 0.708 bits per heavy atom. The molecule has 0 saturated carbocycles. The maximum absolute atomic E-state index is 2.11. The SMILES string of the molecule is C/C=C/C(C)=C/C=C/C(C)=C\C=C\C=C(C)\C=C\C=C(C)\C=C\C. The third-order valence-corrected chi connectivity index (χ3v) is 3.12. The molecule has 0 aromatic heterocycles. The van der Waals surface area contributed by atoms with E-state index in [4.69, 9.17) is 0 Å². The Morgan fingerprint density at radius 1 is 0.417 bits per heavy atom. The van der Waals surface area contributed by atoms with E-state index in [-0.39, 0.29) is 0 Å². The Morgan fingerprint density at radius 3 is 1.04 bits per heavy atom. The van der Waals surface area contributed by atoms with E-state index < -0.39 is 0 Å². The summed E-state index contributed by atoms with van der Waals surface area (Å²) in [5.41, 5.74) is 4.95. The predicted molar refractivity (Wildman–Crippen MR) is 112 cm³/mol. The molecule has 0 heteroatoms. The topological polar surface area (TPSA) is 0 Å². The summed E-state index contributed by atoms with van der Waals surface area (Å²) in [5.74, 6) is 0. The lowest BCUT2D eigenvalue weighted by Crippen LogP contribution is -1.69. The first kappa shape index (κ1) is 21.7. The summed E-state index contributed by atoms with van der Waals surface area (Å²) >= 11 is 0. The quantitative estimate of drug-likeness (QED) is 0.404. The van der Waals surface area contributed by atoms with E-state index in [1.807, 2.05) is 26.0 Å². The van der Waals surface area contributed by atoms with E-state index in [0.29, 0.717) is 0 Å². The van der Waals surface area contributed by atoms with Gasteiger partial charge < -0.3 is 0 Å². The highest BCUT2D eigenvalue weighted by Gasteiger charge is 1.81. The first-order valence-corrected chi connectivity index (χ1v) is 8.46. The van der Waals surface area contributed by atoms with Gasteiger partial charge in [-0.1, -0.05) is 107 Å². The molecule has 0 heterocycles. The second kappa shape index (κ2) is 14.3. The molecule has 0 aliphatic rings. The van der Waals surface area contributed by atoms with Gasteiger partial charge in [0.2, 0.25) is 0 Å². The van der Waals surface area contributed by atoms with Crippen molar-refractivity contribution in [2.24, 2.45) is 0 Å². The Balaban J connectivity index is 4.57. The van der Waals surface area contributed by atoms with Crippen molar-refractivity contribution >= 4 is 0 Å². The number of allylic oxidation sites excluding steroid dienone is 18. The molecule has 0 aromatic carbocycles. The van der Waals surface area contributed by atoms with E-state index in [9.17, 15) is 0 Å². The molecule has 0 aliphatic heterocycles. The highest BCUT2D eigenvalue weighted by Crippen LogP contribution is 2.02. The third kappa shape index (κ3) is 13.3. The molecule has 0 aromatic rings. The van der Waals surface area contributed by atoms with Gasteiger partial charge in [-0.15, -0.1) is 0 Å². The van der Waals surface area contributed by atoms with Gasteiger partial charge in [0, 0.05) is 0 Å². The van der Waals surface area contributed by atoms with Gasteiger partial charge in [0.1, 0.15) is 0 Å². The maximum Gasteiger partial charge on any atom is -0.0398 e. The van der Waals surface area contributed by atoms with E-state index in [1.165, 1.54) is 22.3 Å². The molecule has 0 atom stereocenters. The van der Waals surface area contributed by atoms with Crippen LogP contribution in [0.25, 0.3) is 0 Å². The summed E-state index contributed by atoms with van der Waals surface area (Å²) in [6, 6.07) is 0. The lowest BCUT2D eigenvalue weighted by atomic mass is 10.2. The molecule has 0 N–H and O–H groups in total. The van der Waals surface area contributed by atoms with Crippen molar-refractivity contribution in [3.63, 3.8) is 0 Å². The van der Waals surface area contributed by atoms with Gasteiger partial charge in [0.15, 0.2) is 0 Å². The van der Waals surface area contributed by atoms with E-state index >= 15 is 0 Å². The molecule has 0 unspecified atom stereocenters. The molecule has 0 rings (SSSR count). The zero-order valence-electron chi connectivity index (χ0n) is 16.1. The standard InChI is InChI=1S/C24H32/c1-7-13-21(3)17-11-19-23(5)15-9-10-16-24(6)20-12-18-22(4)14-8-2/h7-20H,1-6H3/b10-9+,13-7+,14-8+,19-11+,20-12+,21-17+,22-18+,23-15-,24-16+. The van der Waals surface area contributed by atoms with E-state index in [0.717, 1.165) is 0 Å². The minimum atomic E-state index is 1.22. The molecule has 24 heavy (non-hydrogen) atoms. The van der Waals surface area contributed by atoms with Gasteiger partial charge in [-0.3, -0.25) is 0 Å². The lowest BCUT2D eigenvalue weighted by Gasteiger charge is -1.90. The van der Waals surface area contributed by atoms with Crippen LogP contribution < -0.4 is 0 Å². The van der Waals surface area contributed by atoms with Crippen LogP contribution in [0.15, 0.2) is 107 Å². The first-order chi connectivity index (χ1) is 11.5. The molecule has 0 bridgehead atoms. The van der Waals surface area contributed by atoms with Gasteiger partial charge in [0.05, 0.1) is 0 Å². The maximum atomic E-state index is 2.11. The number of hydrogen-bond donors (Lipinski definition) is 0. The van der Waals surface area contributed by atoms with Gasteiger partial charge in [-0.05, 0) is 41.5 Å². The summed E-state index contributed by atoms with van der Waals surface area (Å²) in [5, 5.41) is 0. The Kier molecular flexibility index (Phi) is 12.9. The minimum absolute atomic E-state index is 1.22. The molecule has 0 nitrogen and oxygen atoms in total. The molecule has 0 aliphatic carbocycles. The molecule has 0 saturated heterocycles. The molecule has 128 valence electrons. The fourth-order valence-corrected chi connectivity index (χ4v) is 1.87. The van der Waals surface area contributed by atoms with Crippen LogP contribution >= 0.6 is 0 Å². The smallest absolute Gasteiger partial charge is 0.0398 e. The number of rotatable bonds is 8. The van der Waals surface area contributed by atoms with Gasteiger partial charge in [-0.2, -0.15) is 0 Å². The molecular formula is C24H32. The van der Waals surface area contributed by atoms with Crippen LogP contribution in [0, 0.1) is 0 Å². The minimum Gasteiger partial charge on any atom is -0.0874 e. The van der Waals surface area contributed by atoms with Crippen LogP contribution in [0.4, 0.5) is 0 Å². The molecular weight excluding hydrogens is 288 g/mol. The van der Waals surface area contributed by atoms with E-state index in [2.05, 4.69) is 101 Å². The first-order valence-electron chi connectivity index (χ1n) is 8.46. The molecule has 0 fully saturated rings. The molecule has 0 radical (unpaired) electrons. The largest absolute Gasteiger partial charge is 0.0874 e. The Hall–Kier alpha value is -2.34. The van der Waals surface area contributed by atoms with Crippen LogP contribution in [0.1, 0.15) is 41.5 Å². The summed E-state index contributed by atoms with van der Waals surface area (Å²) < 4.78 is 0. The molecule has 0 spiro atoms. The summed E-state index contributed by atoms with van der Waals surface area (Å²) in [6.07, 6.45) is 29.3. The zero-order chi connectivity index (χ0) is 18.2. The van der Waals surface area contributed by atoms with Crippen molar-refractivity contribution in [3.05, 3.63) is 107 Å². The van der Waals surface area contributed by atoms with Crippen LogP contribution in [-0.4, -0.2) is 0 Å². The normalized spacial score (nSPS) is 16.1. The van der Waals surface area contributed by atoms with Crippen molar-refractivity contribution < 1.29 is 0 Å². The Bertz CT molecular complexity index is 565. The van der Waals surface area contributed by atoms with Crippen molar-refractivity contribution in [3.8, 4) is 0 Å². The van der Waals surface area contributed by atoms with Crippen molar-refractivity contribution in [2.45, 2.75) is 41.5 Å². The second-order valence-electron chi connectivity index (χ2n) is 5.75. The fraction of sp³-hybridized carbons (Fsp3) is 0.250. The average Bonchev–Trinajstić information content (AvgIpc) is 2.52. The van der Waals surface area contributed by atoms with Crippen LogP contribution in [0.3, 0.4) is 0 Å². The summed E-state index contributed by atoms with van der Waals surface area (Å²) in [4.78, 5) is 0. The van der Waals surface area contributed by atoms with Gasteiger partial charge in [0.25, 0.3) is 0 Å². The highest BCUT2D eigenvalue weighted by molar-refractivity contribution is 5.31.